The third-order valence-electron chi connectivity index (χ3n) is 7.75. The first-order valence-corrected chi connectivity index (χ1v) is 24.8. The molecule has 354 valence electrons. The smallest absolute Gasteiger partial charge is 0.744 e. The van der Waals surface area contributed by atoms with E-state index < -0.39 is 139 Å². The Labute approximate surface area is 513 Å². The van der Waals surface area contributed by atoms with E-state index in [1.807, 2.05) is 0 Å². The van der Waals surface area contributed by atoms with Crippen molar-refractivity contribution in [1.82, 2.24) is 0 Å². The van der Waals surface area contributed by atoms with Gasteiger partial charge in [0.05, 0.1) is 79.4 Å². The number of methoxy groups -OCH3 is 1. The molecule has 4 aromatic carbocycles. The number of nitrogens with two attached hydrogens (primary N) is 1. The van der Waals surface area contributed by atoms with Crippen molar-refractivity contribution in [3.8, 4) is 11.5 Å². The molecule has 3 N–H and O–H groups in total. The quantitative estimate of drug-likeness (QED) is 0.00849. The molecule has 4 aromatic rings. The van der Waals surface area contributed by atoms with Gasteiger partial charge in [-0.3, -0.25) is 18.4 Å². The molecule has 0 aromatic heterocycles. The minimum absolute atomic E-state index is 0. The molecule has 0 aliphatic heterocycles. The second-order valence-electron chi connectivity index (χ2n) is 11.6. The van der Waals surface area contributed by atoms with Crippen molar-refractivity contribution in [1.29, 1.82) is 0 Å². The van der Waals surface area contributed by atoms with Crippen LogP contribution in [-0.4, -0.2) is 92.7 Å². The molecule has 0 atom stereocenters. The number of ether oxygens (including phenoxy) is 1. The Morgan fingerprint density at radius 1 is 0.681 bits per heavy atom. The fourth-order valence-electron chi connectivity index (χ4n) is 5.10. The van der Waals surface area contributed by atoms with Gasteiger partial charge in [0.15, 0.2) is 37.7 Å². The number of nitrogens with zero attached hydrogens (tertiary/aromatic N) is 4. The number of hydrogen-bond donors (Lipinski definition) is 2. The summed E-state index contributed by atoms with van der Waals surface area (Å²) >= 11 is -0.0637. The maximum absolute atomic E-state index is 12.9. The first-order chi connectivity index (χ1) is 29.3. The number of phenolic OH excluding ortho intramolecular Hbond substituents is 1. The van der Waals surface area contributed by atoms with E-state index in [2.05, 4.69) is 47.6 Å². The summed E-state index contributed by atoms with van der Waals surface area (Å²) in [4.78, 5) is -4.09. The molecule has 0 heterocycles. The Bertz CT molecular complexity index is 3050. The zero-order chi connectivity index (χ0) is 47.1. The molecule has 69 heavy (non-hydrogen) atoms. The number of nitrogen functional groups attached to an aromatic ring is 1. The summed E-state index contributed by atoms with van der Waals surface area (Å²) in [5.74, 6) is -3.23. The number of rotatable bonds is 22. The van der Waals surface area contributed by atoms with E-state index in [9.17, 15) is 71.4 Å². The van der Waals surface area contributed by atoms with Crippen LogP contribution in [0.4, 0.5) is 28.4 Å². The predicted molar refractivity (Wildman–Crippen MR) is 209 cm³/mol. The van der Waals surface area contributed by atoms with E-state index in [1.54, 1.807) is 0 Å². The zero-order valence-corrected chi connectivity index (χ0v) is 51.7. The number of azo groups is 2. The first-order valence-electron chi connectivity index (χ1n) is 15.9. The van der Waals surface area contributed by atoms with Crippen LogP contribution >= 0.6 is 24.4 Å². The average molecular weight is 1150 g/mol. The van der Waals surface area contributed by atoms with Gasteiger partial charge in [-0.2, -0.15) is 4.33 Å². The minimum Gasteiger partial charge on any atom is -0.744 e. The second-order valence-corrected chi connectivity index (χ2v) is 20.8. The monoisotopic (exact) mass is 1150 g/mol. The van der Waals surface area contributed by atoms with Crippen LogP contribution in [0.5, 0.6) is 11.5 Å². The second kappa shape index (κ2) is 31.7. The molecule has 4 rings (SSSR count). The van der Waals surface area contributed by atoms with Gasteiger partial charge in [0.2, 0.25) is 10.4 Å². The van der Waals surface area contributed by atoms with Crippen molar-refractivity contribution < 1.29 is 251 Å². The van der Waals surface area contributed by atoms with Gasteiger partial charge in [0, 0.05) is 11.5 Å². The van der Waals surface area contributed by atoms with Crippen LogP contribution in [0.25, 0.3) is 10.8 Å². The molecule has 0 saturated heterocycles. The van der Waals surface area contributed by atoms with Crippen molar-refractivity contribution in [2.45, 2.75) is 38.8 Å². The maximum atomic E-state index is 12.9. The summed E-state index contributed by atoms with van der Waals surface area (Å²) < 4.78 is 180. The molecule has 0 aliphatic rings. The third-order valence-corrected chi connectivity index (χ3v) is 14.4. The van der Waals surface area contributed by atoms with E-state index in [-0.39, 0.29) is 197 Å². The number of benzene rings is 4. The molecule has 0 unspecified atom stereocenters. The van der Waals surface area contributed by atoms with E-state index in [4.69, 9.17) is 10.5 Å². The average Bonchev–Trinajstić information content (AvgIpc) is 3.17. The van der Waals surface area contributed by atoms with Gasteiger partial charge < -0.3 is 39.7 Å². The van der Waals surface area contributed by atoms with E-state index in [0.717, 1.165) is 37.4 Å². The molecule has 0 spiro atoms. The summed E-state index contributed by atoms with van der Waals surface area (Å²) in [7, 11) is -23.9. The number of hydrogen-bond acceptors (Lipinski definition) is 30. The van der Waals surface area contributed by atoms with E-state index in [1.165, 1.54) is 6.92 Å². The normalized spacial score (nSPS) is 12.0. The van der Waals surface area contributed by atoms with Gasteiger partial charge in [-0.15, -0.1) is 24.8 Å². The summed E-state index contributed by atoms with van der Waals surface area (Å²) in [5.41, 5.74) is 3.07. The van der Waals surface area contributed by atoms with Crippen LogP contribution < -0.4 is 169 Å². The fraction of sp³-hybridized carbons (Fsp3) is 0.241. The van der Waals surface area contributed by atoms with Crippen LogP contribution in [0, 0.1) is 6.92 Å². The number of anilines is 1. The van der Waals surface area contributed by atoms with E-state index >= 15 is 0 Å². The van der Waals surface area contributed by atoms with Gasteiger partial charge in [-0.1, -0.05) is 7.43 Å². The summed E-state index contributed by atoms with van der Waals surface area (Å²) in [6.07, 6.45) is 0. The Morgan fingerprint density at radius 2 is 1.25 bits per heavy atom. The number of aromatic hydroxyl groups is 1. The van der Waals surface area contributed by atoms with Crippen LogP contribution in [0.3, 0.4) is 0 Å². The molecular formula is C29H28N5Na5O23S7. The molecule has 0 saturated carbocycles. The van der Waals surface area contributed by atoms with Crippen LogP contribution in [0.2, 0.25) is 0 Å². The Balaban J connectivity index is -0.00000726. The van der Waals surface area contributed by atoms with Crippen molar-refractivity contribution >= 4 is 114 Å². The van der Waals surface area contributed by atoms with Gasteiger partial charge in [0.1, 0.15) is 48.7 Å². The van der Waals surface area contributed by atoms with Crippen molar-refractivity contribution in [2.75, 3.05) is 37.6 Å². The predicted octanol–water partition coefficient (Wildman–Crippen LogP) is -13.2. The third kappa shape index (κ3) is 20.7. The van der Waals surface area contributed by atoms with Crippen molar-refractivity contribution in [3.05, 3.63) is 48.0 Å². The Hall–Kier alpha value is 0.750. The van der Waals surface area contributed by atoms with Crippen LogP contribution in [-0.2, 0) is 77.4 Å². The molecule has 28 nitrogen and oxygen atoms in total. The van der Waals surface area contributed by atoms with Crippen LogP contribution in [0.15, 0.2) is 87.4 Å². The maximum Gasteiger partial charge on any atom is 1.00 e. The molecule has 0 radical (unpaired) electrons. The van der Waals surface area contributed by atoms with Crippen molar-refractivity contribution in [2.24, 2.45) is 20.5 Å². The van der Waals surface area contributed by atoms with Gasteiger partial charge in [0.25, 0.3) is 0 Å². The number of phenols is 1. The number of aryl methyl sites for hydroxylation is 1. The van der Waals surface area contributed by atoms with Gasteiger partial charge in [-0.25, -0.2) is 42.1 Å². The minimum atomic E-state index is -5.56. The molecular weight excluding hydrogens is 1130 g/mol. The van der Waals surface area contributed by atoms with E-state index in [0.29, 0.717) is 12.1 Å². The van der Waals surface area contributed by atoms with Crippen LogP contribution in [0.1, 0.15) is 13.0 Å². The van der Waals surface area contributed by atoms with Crippen molar-refractivity contribution in [3.63, 3.8) is 0 Å². The molecule has 0 fully saturated rings. The van der Waals surface area contributed by atoms with Gasteiger partial charge >= 0.3 is 148 Å². The number of fused-ring (bicyclic) bond motifs is 1. The van der Waals surface area contributed by atoms with Gasteiger partial charge in [-0.05, 0) is 48.9 Å². The zero-order valence-electron chi connectivity index (χ0n) is 36.0. The molecule has 40 heteroatoms. The standard InChI is InChI=1S/C28H29N5O23S7.CH4.5Na/c1-14-9-18(20(50-2)13-22(14)60(39,40)8-6-52-63(47,48)49)31-32-19-12-23(61(41,42)43)16-11-21(57-55-53-35)27(28(34)25(16)26(19)29)33-30-17-4-3-15(10-24(17)62(44,45)46)59(37,38)7-5-51-58-56-54-36;;;;;;/h3-4,9-13,34-36H,5-8,29H2,1-2H3,(H,41,42,43)(H,44,45,46)(H,47,48,49);1H4;;;;;/q;;5*+1/p-5. The summed E-state index contributed by atoms with van der Waals surface area (Å²) in [5, 5.41) is 52.1. The topological polar surface area (TPSA) is 446 Å². The molecule has 0 bridgehead atoms. The summed E-state index contributed by atoms with van der Waals surface area (Å²) in [6, 6.07) is 5.41. The number of sulfone groups is 2. The molecule has 0 amide bonds. The Morgan fingerprint density at radius 3 is 1.80 bits per heavy atom. The Kier molecular flexibility index (Phi) is 34.0. The fourth-order valence-corrected chi connectivity index (χ4v) is 10.2. The largest absolute Gasteiger partial charge is 1.00 e. The first kappa shape index (κ1) is 74.0. The summed E-state index contributed by atoms with van der Waals surface area (Å²) in [6.45, 7) is -0.354. The molecule has 0 aliphatic carbocycles. The SMILES string of the molecule is C.COc1cc(S(=O)(=O)CCOS(=O)(=O)[O-])c(C)cc1N=Nc1cc(S(=O)(=O)[O-])c2cc(SOO[O-])c(N=Nc3ccc(S(=O)(=O)CCOSOO[O-])cc3S(=O)(=O)[O-])c(O)c2c1N.[Na+].[Na+].[Na+].[Na+].[Na+].